The van der Waals surface area contributed by atoms with Crippen LogP contribution in [0.4, 0.5) is 5.13 Å². The van der Waals surface area contributed by atoms with Crippen LogP contribution in [0.1, 0.15) is 25.0 Å². The number of sulfonamides is 1. The minimum absolute atomic E-state index is 0.212. The fraction of sp³-hybridized carbons (Fsp3) is 0.429. The van der Waals surface area contributed by atoms with Crippen LogP contribution >= 0.6 is 23.1 Å². The van der Waals surface area contributed by atoms with Gasteiger partial charge in [0, 0.05) is 5.25 Å². The maximum Gasteiger partial charge on any atom is 0.263 e. The molecule has 126 valence electrons. The van der Waals surface area contributed by atoms with E-state index in [1.54, 1.807) is 31.9 Å². The second-order valence-corrected chi connectivity index (χ2v) is 9.61. The van der Waals surface area contributed by atoms with E-state index in [1.807, 2.05) is 20.8 Å². The molecule has 2 rings (SSSR count). The molecule has 1 heterocycles. The first-order valence-corrected chi connectivity index (χ1v) is 10.1. The SMILES string of the molecule is COc1ccc(S(=O)(=O)Nc2nnc(SC(C)C)s2)c(C)c1C. The molecule has 2 aromatic rings. The van der Waals surface area contributed by atoms with Crippen molar-refractivity contribution in [1.82, 2.24) is 10.2 Å². The van der Waals surface area contributed by atoms with Gasteiger partial charge < -0.3 is 4.74 Å². The lowest BCUT2D eigenvalue weighted by Crippen LogP contribution is -2.14. The Morgan fingerprint density at radius 1 is 1.22 bits per heavy atom. The van der Waals surface area contributed by atoms with E-state index in [9.17, 15) is 8.42 Å². The lowest BCUT2D eigenvalue weighted by Gasteiger charge is -2.13. The fourth-order valence-electron chi connectivity index (χ4n) is 1.95. The summed E-state index contributed by atoms with van der Waals surface area (Å²) in [6.45, 7) is 7.67. The summed E-state index contributed by atoms with van der Waals surface area (Å²) in [6, 6.07) is 3.19. The summed E-state index contributed by atoms with van der Waals surface area (Å²) < 4.78 is 33.6. The zero-order chi connectivity index (χ0) is 17.2. The Hall–Kier alpha value is -1.32. The number of hydrogen-bond acceptors (Lipinski definition) is 7. The summed E-state index contributed by atoms with van der Waals surface area (Å²) in [5.74, 6) is 0.660. The predicted molar refractivity (Wildman–Crippen MR) is 94.2 cm³/mol. The third-order valence-electron chi connectivity index (χ3n) is 3.16. The van der Waals surface area contributed by atoms with Crippen LogP contribution in [0.2, 0.25) is 0 Å². The van der Waals surface area contributed by atoms with Crippen LogP contribution in [0.25, 0.3) is 0 Å². The molecular weight excluding hydrogens is 354 g/mol. The maximum atomic E-state index is 12.6. The van der Waals surface area contributed by atoms with Gasteiger partial charge in [0.15, 0.2) is 4.34 Å². The molecule has 0 fully saturated rings. The molecule has 0 radical (unpaired) electrons. The van der Waals surface area contributed by atoms with Gasteiger partial charge in [0.05, 0.1) is 12.0 Å². The van der Waals surface area contributed by atoms with Crippen molar-refractivity contribution in [3.8, 4) is 5.75 Å². The van der Waals surface area contributed by atoms with Crippen LogP contribution in [0.15, 0.2) is 21.4 Å². The molecular formula is C14H19N3O3S3. The first-order valence-electron chi connectivity index (χ1n) is 6.91. The molecule has 0 amide bonds. The number of anilines is 1. The number of hydrogen-bond donors (Lipinski definition) is 1. The van der Waals surface area contributed by atoms with Gasteiger partial charge in [-0.05, 0) is 37.1 Å². The maximum absolute atomic E-state index is 12.6. The zero-order valence-electron chi connectivity index (χ0n) is 13.6. The minimum Gasteiger partial charge on any atom is -0.496 e. The number of rotatable bonds is 6. The van der Waals surface area contributed by atoms with Gasteiger partial charge in [0.2, 0.25) is 5.13 Å². The fourth-order valence-corrected chi connectivity index (χ4v) is 5.46. The zero-order valence-corrected chi connectivity index (χ0v) is 16.0. The summed E-state index contributed by atoms with van der Waals surface area (Å²) in [5, 5.41) is 8.51. The van der Waals surface area contributed by atoms with Crippen molar-refractivity contribution < 1.29 is 13.2 Å². The first kappa shape index (κ1) is 18.0. The van der Waals surface area contributed by atoms with E-state index < -0.39 is 10.0 Å². The van der Waals surface area contributed by atoms with Crippen molar-refractivity contribution >= 4 is 38.3 Å². The smallest absolute Gasteiger partial charge is 0.263 e. The molecule has 0 saturated carbocycles. The van der Waals surface area contributed by atoms with Crippen molar-refractivity contribution in [2.24, 2.45) is 0 Å². The molecule has 0 aliphatic carbocycles. The van der Waals surface area contributed by atoms with E-state index in [1.165, 1.54) is 17.4 Å². The Kier molecular flexibility index (Phi) is 5.53. The Bertz CT molecular complexity index is 801. The summed E-state index contributed by atoms with van der Waals surface area (Å²) in [4.78, 5) is 0.212. The number of aromatic nitrogens is 2. The van der Waals surface area contributed by atoms with Gasteiger partial charge in [-0.15, -0.1) is 10.2 Å². The number of ether oxygens (including phenoxy) is 1. The summed E-state index contributed by atoms with van der Waals surface area (Å²) >= 11 is 2.77. The number of benzene rings is 1. The first-order chi connectivity index (χ1) is 10.7. The molecule has 1 N–H and O–H groups in total. The van der Waals surface area contributed by atoms with Gasteiger partial charge in [-0.1, -0.05) is 36.9 Å². The highest BCUT2D eigenvalue weighted by Crippen LogP contribution is 2.31. The molecule has 1 aromatic carbocycles. The molecule has 0 bridgehead atoms. The van der Waals surface area contributed by atoms with Crippen LogP contribution in [0, 0.1) is 13.8 Å². The molecule has 23 heavy (non-hydrogen) atoms. The van der Waals surface area contributed by atoms with Gasteiger partial charge in [-0.2, -0.15) is 0 Å². The van der Waals surface area contributed by atoms with Crippen LogP contribution in [-0.4, -0.2) is 31.0 Å². The lowest BCUT2D eigenvalue weighted by molar-refractivity contribution is 0.411. The van der Waals surface area contributed by atoms with Crippen LogP contribution < -0.4 is 9.46 Å². The van der Waals surface area contributed by atoms with Crippen LogP contribution in [-0.2, 0) is 10.0 Å². The van der Waals surface area contributed by atoms with Crippen molar-refractivity contribution in [3.05, 3.63) is 23.3 Å². The Balaban J connectivity index is 2.29. The van der Waals surface area contributed by atoms with Crippen molar-refractivity contribution in [1.29, 1.82) is 0 Å². The topological polar surface area (TPSA) is 81.2 Å². The average molecular weight is 374 g/mol. The predicted octanol–water partition coefficient (Wildman–Crippen LogP) is 3.46. The van der Waals surface area contributed by atoms with Gasteiger partial charge in [0.1, 0.15) is 5.75 Å². The highest BCUT2D eigenvalue weighted by Gasteiger charge is 2.21. The molecule has 6 nitrogen and oxygen atoms in total. The molecule has 0 aliphatic heterocycles. The molecule has 0 atom stereocenters. The van der Waals surface area contributed by atoms with Crippen molar-refractivity contribution in [3.63, 3.8) is 0 Å². The van der Waals surface area contributed by atoms with E-state index in [-0.39, 0.29) is 10.0 Å². The molecule has 0 unspecified atom stereocenters. The Labute approximate surface area is 144 Å². The van der Waals surface area contributed by atoms with Gasteiger partial charge in [0.25, 0.3) is 10.0 Å². The standard InChI is InChI=1S/C14H19N3O3S3/c1-8(2)21-14-16-15-13(22-14)17-23(18,19)12-7-6-11(20-5)9(3)10(12)4/h6-8H,1-5H3,(H,15,17). The quantitative estimate of drug-likeness (QED) is 0.781. The second kappa shape index (κ2) is 7.06. The Morgan fingerprint density at radius 3 is 2.52 bits per heavy atom. The van der Waals surface area contributed by atoms with E-state index in [0.717, 1.165) is 9.90 Å². The second-order valence-electron chi connectivity index (χ2n) is 5.16. The molecule has 9 heteroatoms. The molecule has 0 aliphatic rings. The number of methoxy groups -OCH3 is 1. The van der Waals surface area contributed by atoms with E-state index in [0.29, 0.717) is 16.6 Å². The van der Waals surface area contributed by atoms with Gasteiger partial charge >= 0.3 is 0 Å². The largest absolute Gasteiger partial charge is 0.496 e. The summed E-state index contributed by atoms with van der Waals surface area (Å²) in [6.07, 6.45) is 0. The van der Waals surface area contributed by atoms with E-state index in [2.05, 4.69) is 14.9 Å². The minimum atomic E-state index is -3.71. The average Bonchev–Trinajstić information content (AvgIpc) is 2.86. The van der Waals surface area contributed by atoms with E-state index >= 15 is 0 Å². The highest BCUT2D eigenvalue weighted by molar-refractivity contribution is 8.01. The third kappa shape index (κ3) is 4.15. The van der Waals surface area contributed by atoms with Crippen LogP contribution in [0.5, 0.6) is 5.75 Å². The Morgan fingerprint density at radius 2 is 1.91 bits per heavy atom. The normalized spacial score (nSPS) is 11.7. The van der Waals surface area contributed by atoms with Gasteiger partial charge in [-0.25, -0.2) is 8.42 Å². The number of nitrogens with zero attached hydrogens (tertiary/aromatic N) is 2. The van der Waals surface area contributed by atoms with E-state index in [4.69, 9.17) is 4.74 Å². The molecule has 0 saturated heterocycles. The third-order valence-corrected chi connectivity index (χ3v) is 6.70. The summed E-state index contributed by atoms with van der Waals surface area (Å²) in [7, 11) is -2.15. The van der Waals surface area contributed by atoms with Crippen molar-refractivity contribution in [2.75, 3.05) is 11.8 Å². The highest BCUT2D eigenvalue weighted by atomic mass is 32.2. The molecule has 1 aromatic heterocycles. The number of nitrogens with one attached hydrogen (secondary N) is 1. The molecule has 0 spiro atoms. The van der Waals surface area contributed by atoms with Crippen molar-refractivity contribution in [2.45, 2.75) is 42.2 Å². The lowest BCUT2D eigenvalue weighted by atomic mass is 10.1. The van der Waals surface area contributed by atoms with Gasteiger partial charge in [-0.3, -0.25) is 4.72 Å². The van der Waals surface area contributed by atoms with Crippen LogP contribution in [0.3, 0.4) is 0 Å². The number of thioether (sulfide) groups is 1. The summed E-state index contributed by atoms with van der Waals surface area (Å²) in [5.41, 5.74) is 1.45. The monoisotopic (exact) mass is 373 g/mol.